The van der Waals surface area contributed by atoms with Gasteiger partial charge in [-0.2, -0.15) is 0 Å². The van der Waals surface area contributed by atoms with Crippen molar-refractivity contribution in [2.75, 3.05) is 32.7 Å². The summed E-state index contributed by atoms with van der Waals surface area (Å²) in [6.45, 7) is 4.57. The van der Waals surface area contributed by atoms with E-state index in [9.17, 15) is 4.79 Å². The summed E-state index contributed by atoms with van der Waals surface area (Å²) in [6.07, 6.45) is 1.07. The minimum absolute atomic E-state index is 0.151. The van der Waals surface area contributed by atoms with Crippen LogP contribution in [0.5, 0.6) is 0 Å². The number of carbonyl (C=O) groups is 1. The number of hydrogen-bond acceptors (Lipinski definition) is 2. The van der Waals surface area contributed by atoms with Gasteiger partial charge in [0.2, 0.25) is 0 Å². The van der Waals surface area contributed by atoms with E-state index in [0.717, 1.165) is 50.1 Å². The Labute approximate surface area is 154 Å². The molecule has 1 fully saturated rings. The Morgan fingerprint density at radius 2 is 1.46 bits per heavy atom. The molecule has 132 valence electrons. The van der Waals surface area contributed by atoms with Crippen molar-refractivity contribution in [2.45, 2.75) is 6.42 Å². The highest BCUT2D eigenvalue weighted by Gasteiger charge is 2.22. The molecule has 0 unspecified atom stereocenters. The summed E-state index contributed by atoms with van der Waals surface area (Å²) in [6, 6.07) is 24.8. The van der Waals surface area contributed by atoms with Gasteiger partial charge in [-0.15, -0.1) is 0 Å². The van der Waals surface area contributed by atoms with Gasteiger partial charge in [-0.25, -0.2) is 0 Å². The highest BCUT2D eigenvalue weighted by atomic mass is 16.2. The predicted molar refractivity (Wildman–Crippen MR) is 106 cm³/mol. The van der Waals surface area contributed by atoms with E-state index in [4.69, 9.17) is 0 Å². The Kier molecular flexibility index (Phi) is 4.98. The Morgan fingerprint density at radius 3 is 2.23 bits per heavy atom. The summed E-state index contributed by atoms with van der Waals surface area (Å²) in [7, 11) is 0. The van der Waals surface area contributed by atoms with Gasteiger partial charge in [-0.05, 0) is 34.9 Å². The summed E-state index contributed by atoms with van der Waals surface area (Å²) in [5.41, 5.74) is 2.17. The molecule has 0 N–H and O–H groups in total. The largest absolute Gasteiger partial charge is 0.336 e. The SMILES string of the molecule is O=C(c1ccc2ccccc2c1)N1CCN(CCc2ccccc2)CC1. The van der Waals surface area contributed by atoms with Crippen LogP contribution in [-0.4, -0.2) is 48.4 Å². The van der Waals surface area contributed by atoms with E-state index in [1.807, 2.05) is 35.2 Å². The Bertz CT molecular complexity index is 883. The van der Waals surface area contributed by atoms with Gasteiger partial charge in [-0.3, -0.25) is 9.69 Å². The lowest BCUT2D eigenvalue weighted by Gasteiger charge is -2.34. The van der Waals surface area contributed by atoms with E-state index in [1.54, 1.807) is 0 Å². The molecule has 0 spiro atoms. The van der Waals surface area contributed by atoms with Crippen LogP contribution in [0.25, 0.3) is 10.8 Å². The van der Waals surface area contributed by atoms with Crippen LogP contribution >= 0.6 is 0 Å². The van der Waals surface area contributed by atoms with E-state index in [0.29, 0.717) is 0 Å². The standard InChI is InChI=1S/C23H24N2O/c26-23(22-11-10-20-8-4-5-9-21(20)18-22)25-16-14-24(15-17-25)13-12-19-6-2-1-3-7-19/h1-11,18H,12-17H2. The highest BCUT2D eigenvalue weighted by molar-refractivity contribution is 5.98. The maximum Gasteiger partial charge on any atom is 0.253 e. The number of carbonyl (C=O) groups excluding carboxylic acids is 1. The fourth-order valence-electron chi connectivity index (χ4n) is 3.61. The molecule has 0 bridgehead atoms. The van der Waals surface area contributed by atoms with Gasteiger partial charge in [0, 0.05) is 38.3 Å². The third-order valence-corrected chi connectivity index (χ3v) is 5.22. The van der Waals surface area contributed by atoms with E-state index < -0.39 is 0 Å². The summed E-state index contributed by atoms with van der Waals surface area (Å²) in [5, 5.41) is 2.30. The van der Waals surface area contributed by atoms with Crippen LogP contribution in [0.15, 0.2) is 72.8 Å². The quantitative estimate of drug-likeness (QED) is 0.718. The van der Waals surface area contributed by atoms with Gasteiger partial charge >= 0.3 is 0 Å². The van der Waals surface area contributed by atoms with Crippen LogP contribution in [0, 0.1) is 0 Å². The molecule has 0 radical (unpaired) electrons. The van der Waals surface area contributed by atoms with Gasteiger partial charge < -0.3 is 4.90 Å². The van der Waals surface area contributed by atoms with Crippen LogP contribution in [0.1, 0.15) is 15.9 Å². The van der Waals surface area contributed by atoms with Gasteiger partial charge in [0.25, 0.3) is 5.91 Å². The molecule has 3 nitrogen and oxygen atoms in total. The summed E-state index contributed by atoms with van der Waals surface area (Å²) in [5.74, 6) is 0.151. The average molecular weight is 344 g/mol. The number of nitrogens with zero attached hydrogens (tertiary/aromatic N) is 2. The number of amides is 1. The first kappa shape index (κ1) is 16.8. The fraction of sp³-hybridized carbons (Fsp3) is 0.261. The third kappa shape index (κ3) is 3.78. The van der Waals surface area contributed by atoms with Crippen molar-refractivity contribution in [2.24, 2.45) is 0 Å². The molecule has 1 aliphatic heterocycles. The average Bonchev–Trinajstić information content (AvgIpc) is 2.72. The van der Waals surface area contributed by atoms with E-state index >= 15 is 0 Å². The topological polar surface area (TPSA) is 23.6 Å². The molecule has 1 heterocycles. The van der Waals surface area contributed by atoms with Crippen molar-refractivity contribution in [1.82, 2.24) is 9.80 Å². The third-order valence-electron chi connectivity index (χ3n) is 5.22. The van der Waals surface area contributed by atoms with Crippen LogP contribution in [-0.2, 0) is 6.42 Å². The second-order valence-corrected chi connectivity index (χ2v) is 6.93. The maximum atomic E-state index is 12.8. The first-order valence-corrected chi connectivity index (χ1v) is 9.34. The smallest absolute Gasteiger partial charge is 0.253 e. The zero-order chi connectivity index (χ0) is 17.8. The van der Waals surface area contributed by atoms with Gasteiger partial charge in [-0.1, -0.05) is 60.7 Å². The number of piperazine rings is 1. The Balaban J connectivity index is 1.34. The van der Waals surface area contributed by atoms with Gasteiger partial charge in [0.05, 0.1) is 0 Å². The number of rotatable bonds is 4. The molecule has 3 aromatic carbocycles. The molecule has 0 saturated carbocycles. The van der Waals surface area contributed by atoms with Crippen molar-refractivity contribution < 1.29 is 4.79 Å². The minimum atomic E-state index is 0.151. The van der Waals surface area contributed by atoms with E-state index in [2.05, 4.69) is 47.4 Å². The van der Waals surface area contributed by atoms with Crippen molar-refractivity contribution >= 4 is 16.7 Å². The zero-order valence-corrected chi connectivity index (χ0v) is 15.0. The molecule has 4 rings (SSSR count). The molecule has 3 aromatic rings. The summed E-state index contributed by atoms with van der Waals surface area (Å²) < 4.78 is 0. The normalized spacial score (nSPS) is 15.3. The second kappa shape index (κ2) is 7.71. The van der Waals surface area contributed by atoms with Gasteiger partial charge in [0.15, 0.2) is 0 Å². The van der Waals surface area contributed by atoms with E-state index in [1.165, 1.54) is 10.9 Å². The number of fused-ring (bicyclic) bond motifs is 1. The predicted octanol–water partition coefficient (Wildman–Crippen LogP) is 3.84. The molecule has 1 amide bonds. The summed E-state index contributed by atoms with van der Waals surface area (Å²) >= 11 is 0. The molecule has 0 atom stereocenters. The molecule has 26 heavy (non-hydrogen) atoms. The van der Waals surface area contributed by atoms with Crippen LogP contribution in [0.2, 0.25) is 0 Å². The molecular formula is C23H24N2O. The van der Waals surface area contributed by atoms with Crippen molar-refractivity contribution in [1.29, 1.82) is 0 Å². The number of benzene rings is 3. The monoisotopic (exact) mass is 344 g/mol. The Hall–Kier alpha value is -2.65. The maximum absolute atomic E-state index is 12.8. The van der Waals surface area contributed by atoms with Crippen LogP contribution in [0.4, 0.5) is 0 Å². The lowest BCUT2D eigenvalue weighted by molar-refractivity contribution is 0.0638. The molecule has 1 saturated heterocycles. The Morgan fingerprint density at radius 1 is 0.769 bits per heavy atom. The van der Waals surface area contributed by atoms with Crippen molar-refractivity contribution in [3.05, 3.63) is 83.9 Å². The van der Waals surface area contributed by atoms with Crippen LogP contribution in [0.3, 0.4) is 0 Å². The molecular weight excluding hydrogens is 320 g/mol. The molecule has 1 aliphatic rings. The molecule has 0 aliphatic carbocycles. The van der Waals surface area contributed by atoms with Crippen molar-refractivity contribution in [3.63, 3.8) is 0 Å². The van der Waals surface area contributed by atoms with Crippen LogP contribution < -0.4 is 0 Å². The summed E-state index contributed by atoms with van der Waals surface area (Å²) in [4.78, 5) is 17.3. The first-order valence-electron chi connectivity index (χ1n) is 9.34. The highest BCUT2D eigenvalue weighted by Crippen LogP contribution is 2.17. The van der Waals surface area contributed by atoms with Crippen molar-refractivity contribution in [3.8, 4) is 0 Å². The zero-order valence-electron chi connectivity index (χ0n) is 15.0. The lowest BCUT2D eigenvalue weighted by atomic mass is 10.1. The molecule has 3 heteroatoms. The van der Waals surface area contributed by atoms with E-state index in [-0.39, 0.29) is 5.91 Å². The molecule has 0 aromatic heterocycles. The lowest BCUT2D eigenvalue weighted by Crippen LogP contribution is -2.49. The second-order valence-electron chi connectivity index (χ2n) is 6.93. The first-order chi connectivity index (χ1) is 12.8. The minimum Gasteiger partial charge on any atom is -0.336 e. The van der Waals surface area contributed by atoms with Gasteiger partial charge in [0.1, 0.15) is 0 Å². The fourth-order valence-corrected chi connectivity index (χ4v) is 3.61. The number of hydrogen-bond donors (Lipinski definition) is 0.